The van der Waals surface area contributed by atoms with Crippen molar-refractivity contribution in [1.82, 2.24) is 19.4 Å². The predicted molar refractivity (Wildman–Crippen MR) is 84.9 cm³/mol. The number of aromatic amines is 2. The Morgan fingerprint density at radius 1 is 1.09 bits per heavy atom. The lowest BCUT2D eigenvalue weighted by molar-refractivity contribution is 0.601. The van der Waals surface area contributed by atoms with Gasteiger partial charge in [-0.05, 0) is 30.3 Å². The third kappa shape index (κ3) is 2.36. The minimum Gasteiger partial charge on any atom is -0.306 e. The van der Waals surface area contributed by atoms with Crippen LogP contribution >= 0.6 is 0 Å². The maximum Gasteiger partial charge on any atom is 0.323 e. The molecule has 0 radical (unpaired) electrons. The number of benzene rings is 1. The van der Waals surface area contributed by atoms with Gasteiger partial charge >= 0.3 is 5.69 Å². The summed E-state index contributed by atoms with van der Waals surface area (Å²) in [5.74, 6) is 0. The SMILES string of the molecule is O=c1[nH]c2ccc(S(=O)(=O)Nc3ccc4nccn4c3)cc2[nH]1. The average molecular weight is 329 g/mol. The molecule has 8 nitrogen and oxygen atoms in total. The monoisotopic (exact) mass is 329 g/mol. The zero-order chi connectivity index (χ0) is 16.0. The second-order valence-corrected chi connectivity index (χ2v) is 6.68. The van der Waals surface area contributed by atoms with Crippen LogP contribution in [0, 0.1) is 0 Å². The van der Waals surface area contributed by atoms with Gasteiger partial charge < -0.3 is 14.4 Å². The van der Waals surface area contributed by atoms with Gasteiger partial charge in [-0.1, -0.05) is 0 Å². The van der Waals surface area contributed by atoms with Gasteiger partial charge in [0.15, 0.2) is 0 Å². The Morgan fingerprint density at radius 3 is 2.78 bits per heavy atom. The summed E-state index contributed by atoms with van der Waals surface area (Å²) in [5, 5.41) is 0. The van der Waals surface area contributed by atoms with Gasteiger partial charge in [-0.25, -0.2) is 18.2 Å². The summed E-state index contributed by atoms with van der Waals surface area (Å²) in [7, 11) is -3.77. The van der Waals surface area contributed by atoms with Crippen molar-refractivity contribution in [3.05, 3.63) is 59.4 Å². The lowest BCUT2D eigenvalue weighted by Gasteiger charge is -2.08. The van der Waals surface area contributed by atoms with Gasteiger partial charge in [-0.2, -0.15) is 0 Å². The van der Waals surface area contributed by atoms with Crippen molar-refractivity contribution >= 4 is 32.4 Å². The Bertz CT molecular complexity index is 1190. The van der Waals surface area contributed by atoms with Gasteiger partial charge in [0.1, 0.15) is 5.65 Å². The van der Waals surface area contributed by atoms with Gasteiger partial charge in [0.05, 0.1) is 21.6 Å². The van der Waals surface area contributed by atoms with Gasteiger partial charge in [0.25, 0.3) is 10.0 Å². The number of fused-ring (bicyclic) bond motifs is 2. The van der Waals surface area contributed by atoms with E-state index in [-0.39, 0.29) is 10.6 Å². The van der Waals surface area contributed by atoms with Crippen molar-refractivity contribution in [2.75, 3.05) is 4.72 Å². The third-order valence-electron chi connectivity index (χ3n) is 3.44. The van der Waals surface area contributed by atoms with Crippen LogP contribution in [0.5, 0.6) is 0 Å². The molecule has 4 rings (SSSR count). The number of pyridine rings is 1. The fourth-order valence-corrected chi connectivity index (χ4v) is 3.44. The molecule has 4 aromatic rings. The van der Waals surface area contributed by atoms with Gasteiger partial charge in [0, 0.05) is 18.6 Å². The number of sulfonamides is 1. The molecule has 0 spiro atoms. The summed E-state index contributed by atoms with van der Waals surface area (Å²) in [6.45, 7) is 0. The van der Waals surface area contributed by atoms with E-state index in [0.29, 0.717) is 16.7 Å². The van der Waals surface area contributed by atoms with E-state index in [4.69, 9.17) is 0 Å². The molecule has 0 fully saturated rings. The molecule has 0 bridgehead atoms. The summed E-state index contributed by atoms with van der Waals surface area (Å²) >= 11 is 0. The Kier molecular flexibility index (Phi) is 2.78. The van der Waals surface area contributed by atoms with E-state index in [0.717, 1.165) is 5.65 Å². The van der Waals surface area contributed by atoms with Crippen LogP contribution in [0.2, 0.25) is 0 Å². The number of H-pyrrole nitrogens is 2. The topological polar surface area (TPSA) is 112 Å². The van der Waals surface area contributed by atoms with Crippen molar-refractivity contribution in [3.63, 3.8) is 0 Å². The van der Waals surface area contributed by atoms with Crippen molar-refractivity contribution in [1.29, 1.82) is 0 Å². The third-order valence-corrected chi connectivity index (χ3v) is 4.82. The molecule has 3 N–H and O–H groups in total. The average Bonchev–Trinajstić information content (AvgIpc) is 3.10. The largest absolute Gasteiger partial charge is 0.323 e. The van der Waals surface area contributed by atoms with Crippen LogP contribution in [0.3, 0.4) is 0 Å². The molecule has 3 heterocycles. The van der Waals surface area contributed by atoms with Crippen LogP contribution in [-0.4, -0.2) is 27.8 Å². The molecule has 0 aliphatic rings. The highest BCUT2D eigenvalue weighted by Gasteiger charge is 2.15. The molecule has 0 unspecified atom stereocenters. The van der Waals surface area contributed by atoms with Gasteiger partial charge in [-0.15, -0.1) is 0 Å². The minimum atomic E-state index is -3.77. The summed E-state index contributed by atoms with van der Waals surface area (Å²) in [4.78, 5) is 20.5. The van der Waals surface area contributed by atoms with Crippen molar-refractivity contribution < 1.29 is 8.42 Å². The standard InChI is InChI=1S/C14H11N5O3S/c20-14-16-11-3-2-10(7-12(11)17-14)23(21,22)18-9-1-4-13-15-5-6-19(13)8-9/h1-8,18H,(H2,16,17,20). The van der Waals surface area contributed by atoms with E-state index in [2.05, 4.69) is 19.7 Å². The molecule has 0 atom stereocenters. The first-order valence-corrected chi connectivity index (χ1v) is 8.17. The Morgan fingerprint density at radius 2 is 1.91 bits per heavy atom. The smallest absolute Gasteiger partial charge is 0.306 e. The van der Waals surface area contributed by atoms with E-state index in [1.807, 2.05) is 0 Å². The number of nitrogens with one attached hydrogen (secondary N) is 3. The number of hydrogen-bond acceptors (Lipinski definition) is 4. The Labute approximate surface area is 129 Å². The Balaban J connectivity index is 1.74. The zero-order valence-electron chi connectivity index (χ0n) is 11.6. The molecule has 0 aliphatic carbocycles. The molecule has 9 heteroatoms. The van der Waals surface area contributed by atoms with E-state index < -0.39 is 10.0 Å². The van der Waals surface area contributed by atoms with Crippen LogP contribution in [-0.2, 0) is 10.0 Å². The second kappa shape index (κ2) is 4.71. The molecule has 0 aliphatic heterocycles. The van der Waals surface area contributed by atoms with Crippen LogP contribution in [0.25, 0.3) is 16.7 Å². The van der Waals surface area contributed by atoms with Crippen LogP contribution in [0.15, 0.2) is 58.6 Å². The van der Waals surface area contributed by atoms with Gasteiger partial charge in [-0.3, -0.25) is 4.72 Å². The highest BCUT2D eigenvalue weighted by molar-refractivity contribution is 7.92. The van der Waals surface area contributed by atoms with Crippen LogP contribution in [0.1, 0.15) is 0 Å². The first-order valence-electron chi connectivity index (χ1n) is 6.69. The number of aromatic nitrogens is 4. The molecule has 23 heavy (non-hydrogen) atoms. The summed E-state index contributed by atoms with van der Waals surface area (Å²) in [6, 6.07) is 7.73. The number of imidazole rings is 2. The second-order valence-electron chi connectivity index (χ2n) is 5.00. The molecule has 0 saturated heterocycles. The van der Waals surface area contributed by atoms with Crippen molar-refractivity contribution in [2.45, 2.75) is 4.90 Å². The predicted octanol–water partition coefficient (Wildman–Crippen LogP) is 1.30. The molecular formula is C14H11N5O3S. The molecular weight excluding hydrogens is 318 g/mol. The van der Waals surface area contributed by atoms with E-state index in [1.165, 1.54) is 12.1 Å². The summed E-state index contributed by atoms with van der Waals surface area (Å²) < 4.78 is 29.2. The summed E-state index contributed by atoms with van der Waals surface area (Å²) in [5.41, 5.74) is 1.74. The first-order chi connectivity index (χ1) is 11.0. The lowest BCUT2D eigenvalue weighted by atomic mass is 10.3. The molecule has 1 aromatic carbocycles. The first kappa shape index (κ1) is 13.6. The number of anilines is 1. The van der Waals surface area contributed by atoms with Crippen LogP contribution < -0.4 is 10.4 Å². The maximum absolute atomic E-state index is 12.5. The fourth-order valence-electron chi connectivity index (χ4n) is 2.37. The molecule has 116 valence electrons. The molecule has 0 saturated carbocycles. The minimum absolute atomic E-state index is 0.0611. The Hall–Kier alpha value is -3.07. The van der Waals surface area contributed by atoms with Crippen LogP contribution in [0.4, 0.5) is 5.69 Å². The summed E-state index contributed by atoms with van der Waals surface area (Å²) in [6.07, 6.45) is 4.99. The molecule has 3 aromatic heterocycles. The highest BCUT2D eigenvalue weighted by atomic mass is 32.2. The van der Waals surface area contributed by atoms with E-state index >= 15 is 0 Å². The number of nitrogens with zero attached hydrogens (tertiary/aromatic N) is 2. The van der Waals surface area contributed by atoms with Gasteiger partial charge in [0.2, 0.25) is 0 Å². The molecule has 0 amide bonds. The quantitative estimate of drug-likeness (QED) is 0.526. The normalized spacial score (nSPS) is 12.0. The zero-order valence-corrected chi connectivity index (χ0v) is 12.5. The van der Waals surface area contributed by atoms with E-state index in [1.54, 1.807) is 41.2 Å². The highest BCUT2D eigenvalue weighted by Crippen LogP contribution is 2.19. The number of hydrogen-bond donors (Lipinski definition) is 3. The number of rotatable bonds is 3. The maximum atomic E-state index is 12.5. The van der Waals surface area contributed by atoms with Crippen molar-refractivity contribution in [3.8, 4) is 0 Å². The van der Waals surface area contributed by atoms with Crippen molar-refractivity contribution in [2.24, 2.45) is 0 Å². The fraction of sp³-hybridized carbons (Fsp3) is 0. The lowest BCUT2D eigenvalue weighted by Crippen LogP contribution is -2.13. The van der Waals surface area contributed by atoms with E-state index in [9.17, 15) is 13.2 Å².